The molecule has 1 heterocycles. The zero-order valence-electron chi connectivity index (χ0n) is 16.3. The molecule has 1 unspecified atom stereocenters. The standard InChI is InChI=1S/C22H30N4O/c1-3-26(4-2)16-18-11-9-17(10-12-18)15-24-22(23)25-20-13-14-27-21-8-6-5-7-19(20)21/h5-12,20H,3-4,13-16H2,1-2H3,(H3,23,24,25). The number of hydrogen-bond acceptors (Lipinski definition) is 3. The molecule has 0 saturated carbocycles. The van der Waals surface area contributed by atoms with Gasteiger partial charge in [0.2, 0.25) is 0 Å². The van der Waals surface area contributed by atoms with Crippen LogP contribution in [0.1, 0.15) is 43.0 Å². The molecule has 1 aliphatic heterocycles. The highest BCUT2D eigenvalue weighted by atomic mass is 16.5. The van der Waals surface area contributed by atoms with E-state index in [1.54, 1.807) is 0 Å². The number of nitrogens with one attached hydrogen (secondary N) is 1. The summed E-state index contributed by atoms with van der Waals surface area (Å²) in [5, 5.41) is 3.34. The highest BCUT2D eigenvalue weighted by Gasteiger charge is 2.21. The third-order valence-corrected chi connectivity index (χ3v) is 5.04. The van der Waals surface area contributed by atoms with Crippen molar-refractivity contribution in [1.29, 1.82) is 0 Å². The maximum Gasteiger partial charge on any atom is 0.189 e. The van der Waals surface area contributed by atoms with E-state index in [9.17, 15) is 0 Å². The van der Waals surface area contributed by atoms with Gasteiger partial charge in [-0.1, -0.05) is 56.3 Å². The summed E-state index contributed by atoms with van der Waals surface area (Å²) < 4.78 is 5.70. The highest BCUT2D eigenvalue weighted by Crippen LogP contribution is 2.31. The predicted octanol–water partition coefficient (Wildman–Crippen LogP) is 3.46. The molecule has 1 atom stereocenters. The van der Waals surface area contributed by atoms with Gasteiger partial charge in [-0.05, 0) is 30.3 Å². The summed E-state index contributed by atoms with van der Waals surface area (Å²) in [5.74, 6) is 1.40. The van der Waals surface area contributed by atoms with E-state index in [0.29, 0.717) is 19.1 Å². The summed E-state index contributed by atoms with van der Waals surface area (Å²) in [6.07, 6.45) is 0.882. The van der Waals surface area contributed by atoms with Gasteiger partial charge in [-0.3, -0.25) is 4.90 Å². The summed E-state index contributed by atoms with van der Waals surface area (Å²) in [5.41, 5.74) is 9.77. The number of benzene rings is 2. The van der Waals surface area contributed by atoms with E-state index in [4.69, 9.17) is 10.5 Å². The fourth-order valence-electron chi connectivity index (χ4n) is 3.35. The Kier molecular flexibility index (Phi) is 6.71. The first-order chi connectivity index (χ1) is 13.2. The summed E-state index contributed by atoms with van der Waals surface area (Å²) in [4.78, 5) is 6.92. The van der Waals surface area contributed by atoms with Crippen molar-refractivity contribution in [3.63, 3.8) is 0 Å². The molecule has 0 fully saturated rings. The van der Waals surface area contributed by atoms with Crippen LogP contribution in [0.2, 0.25) is 0 Å². The van der Waals surface area contributed by atoms with Gasteiger partial charge in [0, 0.05) is 18.5 Å². The van der Waals surface area contributed by atoms with Crippen LogP contribution in [0.5, 0.6) is 5.75 Å². The minimum Gasteiger partial charge on any atom is -0.493 e. The van der Waals surface area contributed by atoms with E-state index in [-0.39, 0.29) is 6.04 Å². The van der Waals surface area contributed by atoms with Crippen LogP contribution < -0.4 is 15.8 Å². The lowest BCUT2D eigenvalue weighted by molar-refractivity contribution is 0.262. The molecule has 3 rings (SSSR count). The van der Waals surface area contributed by atoms with Crippen LogP contribution >= 0.6 is 0 Å². The lowest BCUT2D eigenvalue weighted by atomic mass is 10.0. The van der Waals surface area contributed by atoms with Crippen molar-refractivity contribution in [3.8, 4) is 5.75 Å². The van der Waals surface area contributed by atoms with Gasteiger partial charge in [0.1, 0.15) is 5.75 Å². The molecular weight excluding hydrogens is 336 g/mol. The first-order valence-corrected chi connectivity index (χ1v) is 9.78. The zero-order valence-corrected chi connectivity index (χ0v) is 16.3. The monoisotopic (exact) mass is 366 g/mol. The van der Waals surface area contributed by atoms with Gasteiger partial charge in [0.25, 0.3) is 0 Å². The van der Waals surface area contributed by atoms with E-state index in [0.717, 1.165) is 42.9 Å². The number of ether oxygens (including phenoxy) is 1. The number of guanidine groups is 1. The largest absolute Gasteiger partial charge is 0.493 e. The SMILES string of the molecule is CCN(CC)Cc1ccc(CN=C(N)NC2CCOc3ccccc32)cc1. The maximum atomic E-state index is 6.13. The van der Waals surface area contributed by atoms with Crippen molar-refractivity contribution in [1.82, 2.24) is 10.2 Å². The van der Waals surface area contributed by atoms with Crippen molar-refractivity contribution in [2.24, 2.45) is 10.7 Å². The van der Waals surface area contributed by atoms with Crippen LogP contribution in [0.15, 0.2) is 53.5 Å². The molecule has 2 aromatic rings. The van der Waals surface area contributed by atoms with Crippen LogP contribution in [0.3, 0.4) is 0 Å². The van der Waals surface area contributed by atoms with Crippen molar-refractivity contribution in [3.05, 3.63) is 65.2 Å². The molecule has 5 nitrogen and oxygen atoms in total. The van der Waals surface area contributed by atoms with E-state index in [1.165, 1.54) is 5.56 Å². The van der Waals surface area contributed by atoms with Gasteiger partial charge in [0.15, 0.2) is 5.96 Å². The molecule has 0 aromatic heterocycles. The Balaban J connectivity index is 1.57. The van der Waals surface area contributed by atoms with Crippen LogP contribution in [0.4, 0.5) is 0 Å². The molecule has 3 N–H and O–H groups in total. The Morgan fingerprint density at radius 1 is 1.11 bits per heavy atom. The number of aliphatic imine (C=N–C) groups is 1. The van der Waals surface area contributed by atoms with Gasteiger partial charge in [0.05, 0.1) is 19.2 Å². The van der Waals surface area contributed by atoms with Crippen molar-refractivity contribution >= 4 is 5.96 Å². The molecule has 0 saturated heterocycles. The molecular formula is C22H30N4O. The van der Waals surface area contributed by atoms with E-state index in [1.807, 2.05) is 18.2 Å². The van der Waals surface area contributed by atoms with Gasteiger partial charge in [-0.25, -0.2) is 4.99 Å². The Morgan fingerprint density at radius 2 is 1.81 bits per heavy atom. The van der Waals surface area contributed by atoms with Gasteiger partial charge < -0.3 is 15.8 Å². The number of nitrogens with zero attached hydrogens (tertiary/aromatic N) is 2. The lowest BCUT2D eigenvalue weighted by Gasteiger charge is -2.26. The smallest absolute Gasteiger partial charge is 0.189 e. The highest BCUT2D eigenvalue weighted by molar-refractivity contribution is 5.78. The van der Waals surface area contributed by atoms with Gasteiger partial charge in [-0.2, -0.15) is 0 Å². The minimum atomic E-state index is 0.148. The van der Waals surface area contributed by atoms with Crippen LogP contribution in [0, 0.1) is 0 Å². The zero-order chi connectivity index (χ0) is 19.1. The maximum absolute atomic E-state index is 6.13. The lowest BCUT2D eigenvalue weighted by Crippen LogP contribution is -2.37. The molecule has 0 amide bonds. The van der Waals surface area contributed by atoms with Crippen molar-refractivity contribution in [2.45, 2.75) is 39.4 Å². The molecule has 27 heavy (non-hydrogen) atoms. The topological polar surface area (TPSA) is 62.9 Å². The van der Waals surface area contributed by atoms with E-state index in [2.05, 4.69) is 59.4 Å². The van der Waals surface area contributed by atoms with Crippen molar-refractivity contribution < 1.29 is 4.74 Å². The minimum absolute atomic E-state index is 0.148. The molecule has 1 aliphatic rings. The normalized spacial score (nSPS) is 16.7. The Bertz CT molecular complexity index is 753. The van der Waals surface area contributed by atoms with E-state index >= 15 is 0 Å². The second-order valence-corrected chi connectivity index (χ2v) is 6.85. The quantitative estimate of drug-likeness (QED) is 0.582. The molecule has 2 aromatic carbocycles. The summed E-state index contributed by atoms with van der Waals surface area (Å²) in [6.45, 7) is 8.78. The summed E-state index contributed by atoms with van der Waals surface area (Å²) >= 11 is 0. The Hall–Kier alpha value is -2.53. The van der Waals surface area contributed by atoms with Crippen LogP contribution in [0.25, 0.3) is 0 Å². The molecule has 0 radical (unpaired) electrons. The average Bonchev–Trinajstić information content (AvgIpc) is 2.71. The van der Waals surface area contributed by atoms with E-state index < -0.39 is 0 Å². The number of nitrogens with two attached hydrogens (primary N) is 1. The van der Waals surface area contributed by atoms with Crippen LogP contribution in [-0.4, -0.2) is 30.6 Å². The fraction of sp³-hybridized carbons (Fsp3) is 0.409. The Labute approximate surface area is 162 Å². The van der Waals surface area contributed by atoms with Crippen LogP contribution in [-0.2, 0) is 13.1 Å². The third kappa shape index (κ3) is 5.23. The summed E-state index contributed by atoms with van der Waals surface area (Å²) in [6, 6.07) is 16.9. The van der Waals surface area contributed by atoms with Gasteiger partial charge >= 0.3 is 0 Å². The van der Waals surface area contributed by atoms with Gasteiger partial charge in [-0.15, -0.1) is 0 Å². The summed E-state index contributed by atoms with van der Waals surface area (Å²) in [7, 11) is 0. The molecule has 0 spiro atoms. The number of hydrogen-bond donors (Lipinski definition) is 2. The first kappa shape index (κ1) is 19.2. The number of fused-ring (bicyclic) bond motifs is 1. The number of para-hydroxylation sites is 1. The third-order valence-electron chi connectivity index (χ3n) is 5.04. The first-order valence-electron chi connectivity index (χ1n) is 9.78. The molecule has 0 bridgehead atoms. The number of rotatable bonds is 7. The second kappa shape index (κ2) is 9.42. The molecule has 5 heteroatoms. The predicted molar refractivity (Wildman–Crippen MR) is 111 cm³/mol. The molecule has 0 aliphatic carbocycles. The average molecular weight is 367 g/mol. The Morgan fingerprint density at radius 3 is 2.56 bits per heavy atom. The fourth-order valence-corrected chi connectivity index (χ4v) is 3.35. The second-order valence-electron chi connectivity index (χ2n) is 6.85. The van der Waals surface area contributed by atoms with Crippen molar-refractivity contribution in [2.75, 3.05) is 19.7 Å². The molecule has 144 valence electrons.